The molecule has 1 aliphatic carbocycles. The Morgan fingerprint density at radius 3 is 2.70 bits per heavy atom. The number of carbonyl (C=O) groups is 1. The number of halogens is 2. The first-order valence-electron chi connectivity index (χ1n) is 7.09. The van der Waals surface area contributed by atoms with Gasteiger partial charge in [0.1, 0.15) is 5.82 Å². The molecule has 0 spiro atoms. The molecule has 1 heterocycles. The van der Waals surface area contributed by atoms with Gasteiger partial charge in [-0.3, -0.25) is 4.79 Å². The Hall–Kier alpha value is -0.940. The SMILES string of the molecule is NC1CCCC(=O)N(C2CC2)C1c1ccc(F)c(Br)c1. The van der Waals surface area contributed by atoms with E-state index in [2.05, 4.69) is 15.9 Å². The predicted molar refractivity (Wildman–Crippen MR) is 78.5 cm³/mol. The molecule has 20 heavy (non-hydrogen) atoms. The van der Waals surface area contributed by atoms with E-state index in [1.165, 1.54) is 6.07 Å². The quantitative estimate of drug-likeness (QED) is 0.898. The molecule has 2 aliphatic rings. The van der Waals surface area contributed by atoms with Crippen molar-refractivity contribution in [2.75, 3.05) is 0 Å². The maximum absolute atomic E-state index is 13.4. The van der Waals surface area contributed by atoms with Crippen LogP contribution in [0.4, 0.5) is 4.39 Å². The standard InChI is InChI=1S/C15H18BrFN2O/c16-11-8-9(4-7-12(11)17)15-13(18)2-1-3-14(20)19(15)10-5-6-10/h4,7-8,10,13,15H,1-3,5-6,18H2. The fourth-order valence-electron chi connectivity index (χ4n) is 3.02. The minimum atomic E-state index is -0.291. The smallest absolute Gasteiger partial charge is 0.223 e. The van der Waals surface area contributed by atoms with Crippen LogP contribution in [0.25, 0.3) is 0 Å². The second kappa shape index (κ2) is 5.45. The summed E-state index contributed by atoms with van der Waals surface area (Å²) in [6.07, 6.45) is 4.34. The van der Waals surface area contributed by atoms with Crippen molar-refractivity contribution >= 4 is 21.8 Å². The lowest BCUT2D eigenvalue weighted by Gasteiger charge is -2.34. The van der Waals surface area contributed by atoms with Gasteiger partial charge in [0.25, 0.3) is 0 Å². The Labute approximate surface area is 126 Å². The van der Waals surface area contributed by atoms with E-state index < -0.39 is 0 Å². The van der Waals surface area contributed by atoms with Crippen LogP contribution in [-0.2, 0) is 4.79 Å². The van der Waals surface area contributed by atoms with Crippen LogP contribution in [0.2, 0.25) is 0 Å². The molecule has 2 N–H and O–H groups in total. The van der Waals surface area contributed by atoms with Gasteiger partial charge in [-0.1, -0.05) is 6.07 Å². The summed E-state index contributed by atoms with van der Waals surface area (Å²) in [5.41, 5.74) is 7.24. The molecule has 108 valence electrons. The van der Waals surface area contributed by atoms with E-state index in [-0.39, 0.29) is 23.8 Å². The van der Waals surface area contributed by atoms with Crippen LogP contribution < -0.4 is 5.73 Å². The molecule has 2 atom stereocenters. The van der Waals surface area contributed by atoms with Gasteiger partial charge in [-0.2, -0.15) is 0 Å². The number of hydrogen-bond donors (Lipinski definition) is 1. The summed E-state index contributed by atoms with van der Waals surface area (Å²) in [6.45, 7) is 0. The molecule has 3 rings (SSSR count). The molecular weight excluding hydrogens is 323 g/mol. The van der Waals surface area contributed by atoms with Crippen molar-refractivity contribution < 1.29 is 9.18 Å². The van der Waals surface area contributed by atoms with Gasteiger partial charge in [-0.05, 0) is 59.3 Å². The van der Waals surface area contributed by atoms with Crippen LogP contribution in [0.5, 0.6) is 0 Å². The third-order valence-corrected chi connectivity index (χ3v) is 4.75. The van der Waals surface area contributed by atoms with Gasteiger partial charge in [0.15, 0.2) is 0 Å². The lowest BCUT2D eigenvalue weighted by molar-refractivity contribution is -0.133. The zero-order valence-corrected chi connectivity index (χ0v) is 12.8. The Bertz CT molecular complexity index is 533. The number of hydrogen-bond acceptors (Lipinski definition) is 2. The number of nitrogens with two attached hydrogens (primary N) is 1. The zero-order chi connectivity index (χ0) is 14.3. The molecule has 0 radical (unpaired) electrons. The fraction of sp³-hybridized carbons (Fsp3) is 0.533. The highest BCUT2D eigenvalue weighted by molar-refractivity contribution is 9.10. The summed E-state index contributed by atoms with van der Waals surface area (Å²) < 4.78 is 13.9. The van der Waals surface area contributed by atoms with Crippen LogP contribution in [-0.4, -0.2) is 22.9 Å². The summed E-state index contributed by atoms with van der Waals surface area (Å²) >= 11 is 3.22. The second-order valence-corrected chi connectivity index (χ2v) is 6.56. The monoisotopic (exact) mass is 340 g/mol. The summed E-state index contributed by atoms with van der Waals surface area (Å²) in [5.74, 6) is -0.105. The van der Waals surface area contributed by atoms with Crippen molar-refractivity contribution in [1.29, 1.82) is 0 Å². The molecule has 1 saturated heterocycles. The Balaban J connectivity index is 2.00. The van der Waals surface area contributed by atoms with E-state index in [1.54, 1.807) is 12.1 Å². The average molecular weight is 341 g/mol. The summed E-state index contributed by atoms with van der Waals surface area (Å²) in [6, 6.07) is 5.05. The maximum atomic E-state index is 13.4. The van der Waals surface area contributed by atoms with Crippen molar-refractivity contribution in [1.82, 2.24) is 4.90 Å². The number of amides is 1. The van der Waals surface area contributed by atoms with Gasteiger partial charge >= 0.3 is 0 Å². The van der Waals surface area contributed by atoms with Crippen molar-refractivity contribution in [3.8, 4) is 0 Å². The maximum Gasteiger partial charge on any atom is 0.223 e. The van der Waals surface area contributed by atoms with Crippen molar-refractivity contribution in [2.24, 2.45) is 5.73 Å². The highest BCUT2D eigenvalue weighted by Gasteiger charge is 2.41. The molecule has 2 unspecified atom stereocenters. The Kier molecular flexibility index (Phi) is 3.82. The molecule has 0 aromatic heterocycles. The first-order valence-corrected chi connectivity index (χ1v) is 7.89. The minimum absolute atomic E-state index is 0.0839. The minimum Gasteiger partial charge on any atom is -0.331 e. The number of carbonyl (C=O) groups excluding carboxylic acids is 1. The molecule has 1 aliphatic heterocycles. The van der Waals surface area contributed by atoms with E-state index in [0.29, 0.717) is 16.9 Å². The van der Waals surface area contributed by atoms with Crippen LogP contribution in [0.1, 0.15) is 43.7 Å². The highest BCUT2D eigenvalue weighted by atomic mass is 79.9. The molecule has 3 nitrogen and oxygen atoms in total. The topological polar surface area (TPSA) is 46.3 Å². The van der Waals surface area contributed by atoms with Crippen molar-refractivity contribution in [3.63, 3.8) is 0 Å². The Morgan fingerprint density at radius 1 is 1.30 bits per heavy atom. The van der Waals surface area contributed by atoms with Gasteiger partial charge in [-0.15, -0.1) is 0 Å². The number of nitrogens with zero attached hydrogens (tertiary/aromatic N) is 1. The molecule has 1 aromatic rings. The lowest BCUT2D eigenvalue weighted by atomic mass is 9.96. The summed E-state index contributed by atoms with van der Waals surface area (Å²) in [5, 5.41) is 0. The number of benzene rings is 1. The van der Waals surface area contributed by atoms with Crippen LogP contribution >= 0.6 is 15.9 Å². The van der Waals surface area contributed by atoms with E-state index in [1.807, 2.05) is 4.90 Å². The van der Waals surface area contributed by atoms with E-state index in [0.717, 1.165) is 31.2 Å². The van der Waals surface area contributed by atoms with Gasteiger partial charge in [0, 0.05) is 18.5 Å². The molecule has 5 heteroatoms. The van der Waals surface area contributed by atoms with Crippen LogP contribution in [0.15, 0.2) is 22.7 Å². The van der Waals surface area contributed by atoms with Crippen molar-refractivity contribution in [2.45, 2.75) is 50.2 Å². The molecular formula is C15H18BrFN2O. The van der Waals surface area contributed by atoms with E-state index >= 15 is 0 Å². The van der Waals surface area contributed by atoms with E-state index in [4.69, 9.17) is 5.73 Å². The van der Waals surface area contributed by atoms with Gasteiger partial charge in [0.2, 0.25) is 5.91 Å². The Morgan fingerprint density at radius 2 is 2.05 bits per heavy atom. The second-order valence-electron chi connectivity index (χ2n) is 5.71. The zero-order valence-electron chi connectivity index (χ0n) is 11.2. The normalized spacial score (nSPS) is 27.6. The van der Waals surface area contributed by atoms with Crippen LogP contribution in [0, 0.1) is 5.82 Å². The highest BCUT2D eigenvalue weighted by Crippen LogP contribution is 2.39. The first kappa shape index (κ1) is 14.0. The third-order valence-electron chi connectivity index (χ3n) is 4.15. The van der Waals surface area contributed by atoms with Gasteiger partial charge < -0.3 is 10.6 Å². The van der Waals surface area contributed by atoms with Gasteiger partial charge in [0.05, 0.1) is 10.5 Å². The first-order chi connectivity index (χ1) is 9.58. The fourth-order valence-corrected chi connectivity index (χ4v) is 3.42. The number of rotatable bonds is 2. The lowest BCUT2D eigenvalue weighted by Crippen LogP contribution is -2.43. The largest absolute Gasteiger partial charge is 0.331 e. The number of likely N-dealkylation sites (tertiary alicyclic amines) is 1. The van der Waals surface area contributed by atoms with Crippen molar-refractivity contribution in [3.05, 3.63) is 34.1 Å². The van der Waals surface area contributed by atoms with Crippen LogP contribution in [0.3, 0.4) is 0 Å². The summed E-state index contributed by atoms with van der Waals surface area (Å²) in [7, 11) is 0. The molecule has 0 bridgehead atoms. The average Bonchev–Trinajstić information content (AvgIpc) is 3.22. The van der Waals surface area contributed by atoms with Gasteiger partial charge in [-0.25, -0.2) is 4.39 Å². The summed E-state index contributed by atoms with van der Waals surface area (Å²) in [4.78, 5) is 14.3. The molecule has 1 aromatic carbocycles. The predicted octanol–water partition coefficient (Wildman–Crippen LogP) is 3.13. The third kappa shape index (κ3) is 2.61. The van der Waals surface area contributed by atoms with E-state index in [9.17, 15) is 9.18 Å². The molecule has 1 saturated carbocycles. The molecule has 1 amide bonds. The molecule has 2 fully saturated rings.